The number of halogens is 1. The maximum Gasteiger partial charge on any atom is 0.319 e. The highest BCUT2D eigenvalue weighted by Gasteiger charge is 2.08. The molecule has 0 heterocycles. The Morgan fingerprint density at radius 3 is 2.68 bits per heavy atom. The highest BCUT2D eigenvalue weighted by molar-refractivity contribution is 7.84. The van der Waals surface area contributed by atoms with E-state index in [0.717, 1.165) is 5.69 Å². The Morgan fingerprint density at radius 2 is 2.11 bits per heavy atom. The van der Waals surface area contributed by atoms with E-state index in [4.69, 9.17) is 11.6 Å². The first-order valence-corrected chi connectivity index (χ1v) is 7.82. The number of hydrogen-bond acceptors (Lipinski definition) is 3. The van der Waals surface area contributed by atoms with Gasteiger partial charge in [0.05, 0.1) is 11.4 Å². The molecule has 2 amide bonds. The molecule has 19 heavy (non-hydrogen) atoms. The molecule has 0 aliphatic rings. The van der Waals surface area contributed by atoms with Gasteiger partial charge in [0.25, 0.3) is 0 Å². The van der Waals surface area contributed by atoms with Gasteiger partial charge in [-0.25, -0.2) is 4.79 Å². The zero-order valence-corrected chi connectivity index (χ0v) is 12.8. The van der Waals surface area contributed by atoms with Crippen LogP contribution in [0, 0.1) is 0 Å². The number of amides is 2. The smallest absolute Gasteiger partial charge is 0.319 e. The van der Waals surface area contributed by atoms with Crippen LogP contribution in [0.2, 0.25) is 5.02 Å². The molecule has 0 radical (unpaired) electrons. The van der Waals surface area contributed by atoms with E-state index in [0.29, 0.717) is 23.0 Å². The Bertz CT molecular complexity index is 480. The summed E-state index contributed by atoms with van der Waals surface area (Å²) in [7, 11) is 2.85. The summed E-state index contributed by atoms with van der Waals surface area (Å²) < 4.78 is 10.9. The van der Waals surface area contributed by atoms with E-state index in [1.54, 1.807) is 18.4 Å². The Morgan fingerprint density at radius 1 is 1.42 bits per heavy atom. The number of rotatable bonds is 5. The molecule has 0 saturated heterocycles. The van der Waals surface area contributed by atoms with Gasteiger partial charge in [-0.15, -0.1) is 0 Å². The molecule has 0 spiro atoms. The summed E-state index contributed by atoms with van der Waals surface area (Å²) in [6.45, 7) is 0.368. The van der Waals surface area contributed by atoms with Crippen molar-refractivity contribution >= 4 is 39.8 Å². The average molecular weight is 304 g/mol. The Labute approximate surface area is 120 Å². The third-order valence-corrected chi connectivity index (χ3v) is 3.38. The number of hydrogen-bond donors (Lipinski definition) is 2. The van der Waals surface area contributed by atoms with Crippen LogP contribution < -0.4 is 15.5 Å². The van der Waals surface area contributed by atoms with Crippen LogP contribution in [0.1, 0.15) is 0 Å². The average Bonchev–Trinajstić information content (AvgIpc) is 2.27. The normalized spacial score (nSPS) is 11.8. The van der Waals surface area contributed by atoms with E-state index in [1.165, 1.54) is 0 Å². The van der Waals surface area contributed by atoms with Crippen LogP contribution in [0.3, 0.4) is 0 Å². The maximum absolute atomic E-state index is 11.7. The summed E-state index contributed by atoms with van der Waals surface area (Å²) in [5.74, 6) is 0.434. The third-order valence-electron chi connectivity index (χ3n) is 2.36. The van der Waals surface area contributed by atoms with Gasteiger partial charge in [0, 0.05) is 48.5 Å². The molecule has 0 aliphatic heterocycles. The van der Waals surface area contributed by atoms with Crippen molar-refractivity contribution in [3.63, 3.8) is 0 Å². The van der Waals surface area contributed by atoms with Gasteiger partial charge in [-0.2, -0.15) is 0 Å². The molecule has 0 fully saturated rings. The van der Waals surface area contributed by atoms with E-state index in [9.17, 15) is 9.00 Å². The molecule has 2 N–H and O–H groups in total. The standard InChI is InChI=1S/C12H18ClN3O2S/c1-16(2)11-5-4-9(13)8-10(11)15-12(17)14-6-7-19(3)18/h4-5,8H,6-7H2,1-3H3,(H2,14,15,17)/t19-/m1/s1. The fourth-order valence-corrected chi connectivity index (χ4v) is 2.03. The number of nitrogens with one attached hydrogen (secondary N) is 2. The second-order valence-electron chi connectivity index (χ2n) is 4.21. The van der Waals surface area contributed by atoms with Crippen LogP contribution in [0.15, 0.2) is 18.2 Å². The number of carbonyl (C=O) groups is 1. The van der Waals surface area contributed by atoms with Gasteiger partial charge in [-0.05, 0) is 18.2 Å². The minimum atomic E-state index is -0.916. The van der Waals surface area contributed by atoms with Crippen molar-refractivity contribution in [2.24, 2.45) is 0 Å². The lowest BCUT2D eigenvalue weighted by Gasteiger charge is -2.18. The summed E-state index contributed by atoms with van der Waals surface area (Å²) in [4.78, 5) is 13.6. The van der Waals surface area contributed by atoms with Crippen LogP contribution >= 0.6 is 11.6 Å². The topological polar surface area (TPSA) is 61.4 Å². The summed E-state index contributed by atoms with van der Waals surface area (Å²) in [6.07, 6.45) is 1.60. The highest BCUT2D eigenvalue weighted by Crippen LogP contribution is 2.27. The maximum atomic E-state index is 11.7. The molecule has 1 aromatic carbocycles. The molecule has 1 atom stereocenters. The number of benzene rings is 1. The zero-order valence-electron chi connectivity index (χ0n) is 11.2. The first-order chi connectivity index (χ1) is 8.90. The van der Waals surface area contributed by atoms with Gasteiger partial charge in [0.1, 0.15) is 0 Å². The van der Waals surface area contributed by atoms with Gasteiger partial charge < -0.3 is 15.5 Å². The number of carbonyl (C=O) groups excluding carboxylic acids is 1. The highest BCUT2D eigenvalue weighted by atomic mass is 35.5. The number of anilines is 2. The minimum Gasteiger partial charge on any atom is -0.376 e. The lowest BCUT2D eigenvalue weighted by Crippen LogP contribution is -2.32. The van der Waals surface area contributed by atoms with Crippen molar-refractivity contribution < 1.29 is 9.00 Å². The van der Waals surface area contributed by atoms with Crippen LogP contribution in [-0.2, 0) is 10.8 Å². The molecular weight excluding hydrogens is 286 g/mol. The van der Waals surface area contributed by atoms with Gasteiger partial charge >= 0.3 is 6.03 Å². The molecular formula is C12H18ClN3O2S. The fraction of sp³-hybridized carbons (Fsp3) is 0.417. The van der Waals surface area contributed by atoms with Gasteiger partial charge in [-0.1, -0.05) is 11.6 Å². The molecule has 0 bridgehead atoms. The third kappa shape index (κ3) is 5.48. The Balaban J connectivity index is 2.67. The molecule has 0 saturated carbocycles. The SMILES string of the molecule is CN(C)c1ccc(Cl)cc1NC(=O)NCC[S@@](C)=O. The number of nitrogens with zero attached hydrogens (tertiary/aromatic N) is 1. The first kappa shape index (κ1) is 15.8. The quantitative estimate of drug-likeness (QED) is 0.873. The largest absolute Gasteiger partial charge is 0.376 e. The van der Waals surface area contributed by atoms with E-state index >= 15 is 0 Å². The molecule has 7 heteroatoms. The molecule has 1 rings (SSSR count). The second kappa shape index (κ2) is 7.35. The lowest BCUT2D eigenvalue weighted by atomic mass is 10.2. The predicted molar refractivity (Wildman–Crippen MR) is 81.7 cm³/mol. The van der Waals surface area contributed by atoms with Crippen molar-refractivity contribution in [2.45, 2.75) is 0 Å². The van der Waals surface area contributed by atoms with Crippen LogP contribution in [0.4, 0.5) is 16.2 Å². The van der Waals surface area contributed by atoms with Crippen molar-refractivity contribution in [2.75, 3.05) is 42.9 Å². The van der Waals surface area contributed by atoms with E-state index in [2.05, 4.69) is 10.6 Å². The molecule has 5 nitrogen and oxygen atoms in total. The lowest BCUT2D eigenvalue weighted by molar-refractivity contribution is 0.252. The zero-order chi connectivity index (χ0) is 14.4. The second-order valence-corrected chi connectivity index (χ2v) is 6.21. The van der Waals surface area contributed by atoms with E-state index in [-0.39, 0.29) is 6.03 Å². The monoisotopic (exact) mass is 303 g/mol. The molecule has 1 aromatic rings. The minimum absolute atomic E-state index is 0.337. The summed E-state index contributed by atoms with van der Waals surface area (Å²) in [5.41, 5.74) is 1.49. The van der Waals surface area contributed by atoms with Crippen molar-refractivity contribution in [3.8, 4) is 0 Å². The Hall–Kier alpha value is -1.27. The van der Waals surface area contributed by atoms with Crippen molar-refractivity contribution in [1.82, 2.24) is 5.32 Å². The van der Waals surface area contributed by atoms with E-state index in [1.807, 2.05) is 25.1 Å². The van der Waals surface area contributed by atoms with Crippen LogP contribution in [0.25, 0.3) is 0 Å². The Kier molecular flexibility index (Phi) is 6.11. The van der Waals surface area contributed by atoms with Gasteiger partial charge in [0.2, 0.25) is 0 Å². The summed E-state index contributed by atoms with van der Waals surface area (Å²) in [5, 5.41) is 5.93. The van der Waals surface area contributed by atoms with Gasteiger partial charge in [0.15, 0.2) is 0 Å². The fourth-order valence-electron chi connectivity index (χ4n) is 1.47. The predicted octanol–water partition coefficient (Wildman–Crippen LogP) is 1.91. The molecule has 0 aromatic heterocycles. The summed E-state index contributed by atoms with van der Waals surface area (Å²) in [6, 6.07) is 4.95. The van der Waals surface area contributed by atoms with Crippen molar-refractivity contribution in [1.29, 1.82) is 0 Å². The van der Waals surface area contributed by atoms with Gasteiger partial charge in [-0.3, -0.25) is 4.21 Å². The van der Waals surface area contributed by atoms with E-state index < -0.39 is 10.8 Å². The molecule has 0 aliphatic carbocycles. The molecule has 0 unspecified atom stereocenters. The van der Waals surface area contributed by atoms with Crippen molar-refractivity contribution in [3.05, 3.63) is 23.2 Å². The molecule has 106 valence electrons. The van der Waals surface area contributed by atoms with Crippen LogP contribution in [-0.4, -0.2) is 42.9 Å². The van der Waals surface area contributed by atoms with Crippen LogP contribution in [0.5, 0.6) is 0 Å². The summed E-state index contributed by atoms with van der Waals surface area (Å²) >= 11 is 5.92. The number of urea groups is 1. The first-order valence-electron chi connectivity index (χ1n) is 5.72.